The number of amides is 1. The van der Waals surface area contributed by atoms with Gasteiger partial charge in [0.2, 0.25) is 0 Å². The highest BCUT2D eigenvalue weighted by atomic mass is 16.5. The predicted molar refractivity (Wildman–Crippen MR) is 48.4 cm³/mol. The van der Waals surface area contributed by atoms with Gasteiger partial charge in [-0.2, -0.15) is 0 Å². The van der Waals surface area contributed by atoms with Crippen LogP contribution in [0.5, 0.6) is 0 Å². The van der Waals surface area contributed by atoms with Crippen LogP contribution < -0.4 is 5.32 Å². The van der Waals surface area contributed by atoms with E-state index in [1.165, 1.54) is 25.7 Å². The van der Waals surface area contributed by atoms with E-state index < -0.39 is 6.09 Å². The van der Waals surface area contributed by atoms with Crippen molar-refractivity contribution >= 4 is 6.09 Å². The predicted octanol–water partition coefficient (Wildman–Crippen LogP) is 0.895. The Morgan fingerprint density at radius 3 is 2.77 bits per heavy atom. The molecule has 76 valence electrons. The molecule has 0 spiro atoms. The molecule has 1 rings (SSSR count). The van der Waals surface area contributed by atoms with Gasteiger partial charge < -0.3 is 15.2 Å². The summed E-state index contributed by atoms with van der Waals surface area (Å²) in [7, 11) is 0. The van der Waals surface area contributed by atoms with Crippen LogP contribution in [0.4, 0.5) is 4.79 Å². The molecule has 4 nitrogen and oxygen atoms in total. The third kappa shape index (κ3) is 4.12. The maximum absolute atomic E-state index is 10.9. The minimum Gasteiger partial charge on any atom is -0.449 e. The van der Waals surface area contributed by atoms with Gasteiger partial charge in [0.15, 0.2) is 0 Å². The van der Waals surface area contributed by atoms with E-state index in [1.807, 2.05) is 0 Å². The minimum atomic E-state index is -0.416. The third-order valence-electron chi connectivity index (χ3n) is 2.31. The molecule has 0 heterocycles. The summed E-state index contributed by atoms with van der Waals surface area (Å²) in [5.74, 6) is 0.555. The van der Waals surface area contributed by atoms with Gasteiger partial charge in [-0.15, -0.1) is 0 Å². The second-order valence-electron chi connectivity index (χ2n) is 3.40. The van der Waals surface area contributed by atoms with Gasteiger partial charge in [0, 0.05) is 6.54 Å². The van der Waals surface area contributed by atoms with Crippen LogP contribution in [0.3, 0.4) is 0 Å². The van der Waals surface area contributed by atoms with Crippen molar-refractivity contribution in [3.63, 3.8) is 0 Å². The topological polar surface area (TPSA) is 58.6 Å². The Hall–Kier alpha value is -0.770. The highest BCUT2D eigenvalue weighted by Crippen LogP contribution is 2.24. The Labute approximate surface area is 78.3 Å². The maximum Gasteiger partial charge on any atom is 0.407 e. The van der Waals surface area contributed by atoms with Gasteiger partial charge in [-0.25, -0.2) is 4.79 Å². The average molecular weight is 187 g/mol. The fourth-order valence-corrected chi connectivity index (χ4v) is 1.58. The number of rotatable bonds is 4. The number of aliphatic hydroxyl groups is 1. The quantitative estimate of drug-likeness (QED) is 0.687. The van der Waals surface area contributed by atoms with E-state index in [0.717, 1.165) is 0 Å². The van der Waals surface area contributed by atoms with Crippen LogP contribution in [0.15, 0.2) is 0 Å². The Morgan fingerprint density at radius 1 is 1.46 bits per heavy atom. The molecule has 0 atom stereocenters. The summed E-state index contributed by atoms with van der Waals surface area (Å²) in [4.78, 5) is 10.9. The zero-order valence-electron chi connectivity index (χ0n) is 7.79. The first-order valence-corrected chi connectivity index (χ1v) is 4.84. The minimum absolute atomic E-state index is 0.0431. The second-order valence-corrected chi connectivity index (χ2v) is 3.40. The standard InChI is InChI=1S/C9H17NO3/c11-6-5-10-9(12)13-7-8-3-1-2-4-8/h8,11H,1-7H2,(H,10,12). The number of carbonyl (C=O) groups is 1. The molecule has 0 unspecified atom stereocenters. The summed E-state index contributed by atoms with van der Waals surface area (Å²) >= 11 is 0. The Kier molecular flexibility index (Phi) is 4.60. The lowest BCUT2D eigenvalue weighted by atomic mass is 10.1. The van der Waals surface area contributed by atoms with Crippen LogP contribution in [0.2, 0.25) is 0 Å². The highest BCUT2D eigenvalue weighted by Gasteiger charge is 2.16. The molecule has 0 aromatic heterocycles. The van der Waals surface area contributed by atoms with E-state index in [4.69, 9.17) is 9.84 Å². The van der Waals surface area contributed by atoms with Crippen LogP contribution in [-0.2, 0) is 4.74 Å². The lowest BCUT2D eigenvalue weighted by molar-refractivity contribution is 0.125. The number of hydrogen-bond donors (Lipinski definition) is 2. The highest BCUT2D eigenvalue weighted by molar-refractivity contribution is 5.67. The molecular formula is C9H17NO3. The van der Waals surface area contributed by atoms with Crippen molar-refractivity contribution in [1.82, 2.24) is 5.32 Å². The molecule has 0 aliphatic heterocycles. The molecule has 1 aliphatic carbocycles. The summed E-state index contributed by atoms with van der Waals surface area (Å²) in [6.07, 6.45) is 4.44. The number of ether oxygens (including phenoxy) is 1. The average Bonchev–Trinajstić information content (AvgIpc) is 2.64. The van der Waals surface area contributed by atoms with E-state index in [9.17, 15) is 4.79 Å². The number of nitrogens with one attached hydrogen (secondary N) is 1. The molecule has 0 aromatic carbocycles. The molecule has 0 radical (unpaired) electrons. The molecule has 1 aliphatic rings. The van der Waals surface area contributed by atoms with Gasteiger partial charge in [-0.1, -0.05) is 12.8 Å². The zero-order valence-corrected chi connectivity index (χ0v) is 7.79. The van der Waals surface area contributed by atoms with Crippen LogP contribution in [0.25, 0.3) is 0 Å². The van der Waals surface area contributed by atoms with Crippen molar-refractivity contribution < 1.29 is 14.6 Å². The van der Waals surface area contributed by atoms with Crippen molar-refractivity contribution in [1.29, 1.82) is 0 Å². The monoisotopic (exact) mass is 187 g/mol. The van der Waals surface area contributed by atoms with Gasteiger partial charge in [-0.05, 0) is 18.8 Å². The molecule has 1 fully saturated rings. The van der Waals surface area contributed by atoms with Crippen molar-refractivity contribution in [3.05, 3.63) is 0 Å². The van der Waals surface area contributed by atoms with E-state index in [0.29, 0.717) is 12.5 Å². The molecule has 1 saturated carbocycles. The lowest BCUT2D eigenvalue weighted by Gasteiger charge is -2.10. The molecule has 0 aromatic rings. The van der Waals surface area contributed by atoms with Crippen molar-refractivity contribution in [2.75, 3.05) is 19.8 Å². The Morgan fingerprint density at radius 2 is 2.15 bits per heavy atom. The Bertz CT molecular complexity index is 155. The number of alkyl carbamates (subject to hydrolysis) is 1. The molecule has 13 heavy (non-hydrogen) atoms. The van der Waals surface area contributed by atoms with Crippen LogP contribution in [-0.4, -0.2) is 31.0 Å². The fourth-order valence-electron chi connectivity index (χ4n) is 1.58. The summed E-state index contributed by atoms with van der Waals surface area (Å²) < 4.78 is 4.97. The second kappa shape index (κ2) is 5.80. The molecule has 4 heteroatoms. The summed E-state index contributed by atoms with van der Waals surface area (Å²) in [5, 5.41) is 10.9. The first kappa shape index (κ1) is 10.3. The van der Waals surface area contributed by atoms with E-state index in [2.05, 4.69) is 5.32 Å². The first-order chi connectivity index (χ1) is 6.33. The third-order valence-corrected chi connectivity index (χ3v) is 2.31. The molecular weight excluding hydrogens is 170 g/mol. The van der Waals surface area contributed by atoms with Crippen LogP contribution in [0.1, 0.15) is 25.7 Å². The van der Waals surface area contributed by atoms with Crippen molar-refractivity contribution in [2.24, 2.45) is 5.92 Å². The molecule has 0 saturated heterocycles. The molecule has 1 amide bonds. The normalized spacial score (nSPS) is 17.3. The van der Waals surface area contributed by atoms with Gasteiger partial charge >= 0.3 is 6.09 Å². The molecule has 2 N–H and O–H groups in total. The van der Waals surface area contributed by atoms with E-state index in [1.54, 1.807) is 0 Å². The van der Waals surface area contributed by atoms with Crippen molar-refractivity contribution in [2.45, 2.75) is 25.7 Å². The fraction of sp³-hybridized carbons (Fsp3) is 0.889. The van der Waals surface area contributed by atoms with E-state index in [-0.39, 0.29) is 13.2 Å². The lowest BCUT2D eigenvalue weighted by Crippen LogP contribution is -2.28. The summed E-state index contributed by atoms with van der Waals surface area (Å²) in [5.41, 5.74) is 0. The number of aliphatic hydroxyl groups excluding tert-OH is 1. The number of carbonyl (C=O) groups excluding carboxylic acids is 1. The Balaban J connectivity index is 2.00. The van der Waals surface area contributed by atoms with Gasteiger partial charge in [-0.3, -0.25) is 0 Å². The van der Waals surface area contributed by atoms with Gasteiger partial charge in [0.1, 0.15) is 0 Å². The first-order valence-electron chi connectivity index (χ1n) is 4.84. The van der Waals surface area contributed by atoms with Crippen LogP contribution >= 0.6 is 0 Å². The maximum atomic E-state index is 10.9. The van der Waals surface area contributed by atoms with Gasteiger partial charge in [0.25, 0.3) is 0 Å². The van der Waals surface area contributed by atoms with Crippen molar-refractivity contribution in [3.8, 4) is 0 Å². The zero-order chi connectivity index (χ0) is 9.52. The smallest absolute Gasteiger partial charge is 0.407 e. The summed E-state index contributed by atoms with van der Waals surface area (Å²) in [6, 6.07) is 0. The van der Waals surface area contributed by atoms with E-state index >= 15 is 0 Å². The van der Waals surface area contributed by atoms with Crippen LogP contribution in [0, 0.1) is 5.92 Å². The summed E-state index contributed by atoms with van der Waals surface area (Å²) in [6.45, 7) is 0.749. The largest absolute Gasteiger partial charge is 0.449 e. The van der Waals surface area contributed by atoms with Gasteiger partial charge in [0.05, 0.1) is 13.2 Å². The number of hydrogen-bond acceptors (Lipinski definition) is 3. The SMILES string of the molecule is O=C(NCCO)OCC1CCCC1. The molecule has 0 bridgehead atoms.